The molecule has 1 saturated heterocycles. The predicted octanol–water partition coefficient (Wildman–Crippen LogP) is 3.70. The lowest BCUT2D eigenvalue weighted by molar-refractivity contribution is 0.102. The van der Waals surface area contributed by atoms with E-state index in [1.807, 2.05) is 0 Å². The first-order valence-corrected chi connectivity index (χ1v) is 10.6. The number of carbonyl (C=O) groups is 1. The van der Waals surface area contributed by atoms with Gasteiger partial charge in [0.1, 0.15) is 11.7 Å². The summed E-state index contributed by atoms with van der Waals surface area (Å²) in [7, 11) is 1.58. The molecule has 1 aromatic heterocycles. The van der Waals surface area contributed by atoms with E-state index < -0.39 is 11.5 Å². The topological polar surface area (TPSA) is 87.4 Å². The molecule has 0 unspecified atom stereocenters. The number of nitrogens with one attached hydrogen (secondary N) is 1. The van der Waals surface area contributed by atoms with Crippen LogP contribution in [0.15, 0.2) is 65.6 Å². The standard InChI is InChI=1S/C25H23FN4O3/c1-29-12-4-5-19(25(29)32)24(31)28-21-15-17(16-27)8-9-22(21)30-13-10-18(11-14-30)33-23-7-3-2-6-20(23)26/h2-9,12,15,18H,10-11,13-14H2,1H3,(H,28,31). The number of pyridine rings is 1. The van der Waals surface area contributed by atoms with E-state index in [0.29, 0.717) is 37.2 Å². The molecule has 1 N–H and O–H groups in total. The molecule has 2 heterocycles. The summed E-state index contributed by atoms with van der Waals surface area (Å²) in [5, 5.41) is 12.1. The number of nitriles is 1. The van der Waals surface area contributed by atoms with Gasteiger partial charge in [-0.15, -0.1) is 0 Å². The number of hydrogen-bond donors (Lipinski definition) is 1. The minimum Gasteiger partial charge on any atom is -0.487 e. The van der Waals surface area contributed by atoms with E-state index in [1.54, 1.807) is 55.7 Å². The first-order valence-electron chi connectivity index (χ1n) is 10.6. The number of aryl methyl sites for hydroxylation is 1. The number of ether oxygens (including phenoxy) is 1. The van der Waals surface area contributed by atoms with E-state index in [2.05, 4.69) is 16.3 Å². The molecule has 33 heavy (non-hydrogen) atoms. The summed E-state index contributed by atoms with van der Waals surface area (Å²) in [6, 6.07) is 16.6. The van der Waals surface area contributed by atoms with Gasteiger partial charge in [-0.1, -0.05) is 12.1 Å². The molecule has 0 saturated carbocycles. The average Bonchev–Trinajstić information content (AvgIpc) is 2.83. The largest absolute Gasteiger partial charge is 0.487 e. The third-order valence-electron chi connectivity index (χ3n) is 5.65. The third-order valence-corrected chi connectivity index (χ3v) is 5.65. The van der Waals surface area contributed by atoms with Crippen molar-refractivity contribution < 1.29 is 13.9 Å². The highest BCUT2D eigenvalue weighted by Crippen LogP contribution is 2.31. The van der Waals surface area contributed by atoms with Gasteiger partial charge in [0.05, 0.1) is 23.0 Å². The molecule has 1 aliphatic heterocycles. The zero-order chi connectivity index (χ0) is 23.4. The van der Waals surface area contributed by atoms with Crippen LogP contribution in [-0.4, -0.2) is 29.7 Å². The number of piperidine rings is 1. The number of rotatable bonds is 5. The maximum Gasteiger partial charge on any atom is 0.263 e. The molecule has 8 heteroatoms. The SMILES string of the molecule is Cn1cccc(C(=O)Nc2cc(C#N)ccc2N2CCC(Oc3ccccc3F)CC2)c1=O. The van der Waals surface area contributed by atoms with Crippen LogP contribution in [0.5, 0.6) is 5.75 Å². The number of para-hydroxylation sites is 1. The molecule has 3 aromatic rings. The number of nitrogens with zero attached hydrogens (tertiary/aromatic N) is 3. The van der Waals surface area contributed by atoms with E-state index >= 15 is 0 Å². The molecule has 2 aromatic carbocycles. The van der Waals surface area contributed by atoms with Gasteiger partial charge < -0.3 is 19.5 Å². The van der Waals surface area contributed by atoms with Crippen molar-refractivity contribution in [3.8, 4) is 11.8 Å². The average molecular weight is 446 g/mol. The highest BCUT2D eigenvalue weighted by atomic mass is 19.1. The Morgan fingerprint density at radius 2 is 1.91 bits per heavy atom. The second kappa shape index (κ2) is 9.57. The normalized spacial score (nSPS) is 13.9. The van der Waals surface area contributed by atoms with E-state index in [0.717, 1.165) is 5.69 Å². The quantitative estimate of drug-likeness (QED) is 0.646. The molecule has 4 rings (SSSR count). The minimum absolute atomic E-state index is 0.0188. The van der Waals surface area contributed by atoms with Crippen molar-refractivity contribution in [2.75, 3.05) is 23.3 Å². The van der Waals surface area contributed by atoms with Crippen molar-refractivity contribution in [3.05, 3.63) is 88.1 Å². The Labute approximate surface area is 190 Å². The van der Waals surface area contributed by atoms with Crippen LogP contribution >= 0.6 is 0 Å². The Kier molecular flexibility index (Phi) is 6.41. The maximum atomic E-state index is 13.9. The molecule has 7 nitrogen and oxygen atoms in total. The Hall–Kier alpha value is -4.12. The summed E-state index contributed by atoms with van der Waals surface area (Å²) in [6.07, 6.45) is 2.79. The molecular formula is C25H23FN4O3. The fourth-order valence-electron chi connectivity index (χ4n) is 3.88. The van der Waals surface area contributed by atoms with Crippen LogP contribution in [0.1, 0.15) is 28.8 Å². The van der Waals surface area contributed by atoms with Crippen LogP contribution in [0.3, 0.4) is 0 Å². The zero-order valence-electron chi connectivity index (χ0n) is 18.1. The number of anilines is 2. The van der Waals surface area contributed by atoms with Crippen LogP contribution < -0.4 is 20.5 Å². The van der Waals surface area contributed by atoms with Crippen molar-refractivity contribution >= 4 is 17.3 Å². The van der Waals surface area contributed by atoms with E-state index in [-0.39, 0.29) is 23.2 Å². The fraction of sp³-hybridized carbons (Fsp3) is 0.240. The van der Waals surface area contributed by atoms with Gasteiger partial charge in [-0.25, -0.2) is 4.39 Å². The van der Waals surface area contributed by atoms with Gasteiger partial charge in [-0.3, -0.25) is 9.59 Å². The van der Waals surface area contributed by atoms with Gasteiger partial charge in [0, 0.05) is 39.2 Å². The smallest absolute Gasteiger partial charge is 0.263 e. The Morgan fingerprint density at radius 3 is 2.64 bits per heavy atom. The molecule has 0 aliphatic carbocycles. The fourth-order valence-corrected chi connectivity index (χ4v) is 3.88. The predicted molar refractivity (Wildman–Crippen MR) is 123 cm³/mol. The Bertz CT molecular complexity index is 1270. The number of benzene rings is 2. The second-order valence-corrected chi connectivity index (χ2v) is 7.87. The number of hydrogen-bond acceptors (Lipinski definition) is 5. The van der Waals surface area contributed by atoms with Gasteiger partial charge in [-0.2, -0.15) is 5.26 Å². The van der Waals surface area contributed by atoms with Gasteiger partial charge in [0.15, 0.2) is 11.6 Å². The van der Waals surface area contributed by atoms with Crippen LogP contribution in [0.25, 0.3) is 0 Å². The van der Waals surface area contributed by atoms with Gasteiger partial charge in [0.25, 0.3) is 11.5 Å². The highest BCUT2D eigenvalue weighted by molar-refractivity contribution is 6.05. The summed E-state index contributed by atoms with van der Waals surface area (Å²) < 4.78 is 21.1. The van der Waals surface area contributed by atoms with E-state index in [4.69, 9.17) is 4.74 Å². The maximum absolute atomic E-state index is 13.9. The molecule has 168 valence electrons. The molecule has 0 spiro atoms. The molecular weight excluding hydrogens is 423 g/mol. The molecule has 1 fully saturated rings. The molecule has 0 bridgehead atoms. The zero-order valence-corrected chi connectivity index (χ0v) is 18.1. The minimum atomic E-state index is -0.537. The summed E-state index contributed by atoms with van der Waals surface area (Å²) in [4.78, 5) is 27.2. The van der Waals surface area contributed by atoms with Gasteiger partial charge >= 0.3 is 0 Å². The van der Waals surface area contributed by atoms with Crippen molar-refractivity contribution in [1.29, 1.82) is 5.26 Å². The summed E-state index contributed by atoms with van der Waals surface area (Å²) in [5.41, 5.74) is 1.22. The van der Waals surface area contributed by atoms with Crippen molar-refractivity contribution in [1.82, 2.24) is 4.57 Å². The monoisotopic (exact) mass is 446 g/mol. The number of carbonyl (C=O) groups excluding carboxylic acids is 1. The Balaban J connectivity index is 1.51. The summed E-state index contributed by atoms with van der Waals surface area (Å²) >= 11 is 0. The number of halogens is 1. The Morgan fingerprint density at radius 1 is 1.15 bits per heavy atom. The van der Waals surface area contributed by atoms with E-state index in [9.17, 15) is 19.2 Å². The van der Waals surface area contributed by atoms with Gasteiger partial charge in [0.2, 0.25) is 0 Å². The summed E-state index contributed by atoms with van der Waals surface area (Å²) in [5.74, 6) is -0.680. The molecule has 0 radical (unpaired) electrons. The highest BCUT2D eigenvalue weighted by Gasteiger charge is 2.24. The first kappa shape index (κ1) is 22.1. The molecule has 0 atom stereocenters. The first-order chi connectivity index (χ1) is 16.0. The van der Waals surface area contributed by atoms with Crippen LogP contribution in [0.2, 0.25) is 0 Å². The van der Waals surface area contributed by atoms with Crippen LogP contribution in [-0.2, 0) is 7.05 Å². The number of aromatic nitrogens is 1. The van der Waals surface area contributed by atoms with Gasteiger partial charge in [-0.05, 0) is 42.5 Å². The van der Waals surface area contributed by atoms with Crippen molar-refractivity contribution in [2.24, 2.45) is 7.05 Å². The van der Waals surface area contributed by atoms with Crippen LogP contribution in [0.4, 0.5) is 15.8 Å². The second-order valence-electron chi connectivity index (χ2n) is 7.87. The summed E-state index contributed by atoms with van der Waals surface area (Å²) in [6.45, 7) is 1.25. The van der Waals surface area contributed by atoms with Crippen LogP contribution in [0, 0.1) is 17.1 Å². The lowest BCUT2D eigenvalue weighted by Crippen LogP contribution is -2.39. The number of amides is 1. The van der Waals surface area contributed by atoms with E-state index in [1.165, 1.54) is 16.7 Å². The lowest BCUT2D eigenvalue weighted by Gasteiger charge is -2.34. The molecule has 1 aliphatic rings. The lowest BCUT2D eigenvalue weighted by atomic mass is 10.1. The van der Waals surface area contributed by atoms with Crippen molar-refractivity contribution in [3.63, 3.8) is 0 Å². The van der Waals surface area contributed by atoms with Crippen molar-refractivity contribution in [2.45, 2.75) is 18.9 Å². The molecule has 1 amide bonds. The third kappa shape index (κ3) is 4.88.